The molecular weight excluding hydrogens is 356 g/mol. The van der Waals surface area contributed by atoms with Crippen molar-refractivity contribution in [3.8, 4) is 0 Å². The zero-order chi connectivity index (χ0) is 16.2. The van der Waals surface area contributed by atoms with Gasteiger partial charge < -0.3 is 10.2 Å². The lowest BCUT2D eigenvalue weighted by atomic mass is 10.2. The number of halogens is 1. The van der Waals surface area contributed by atoms with Gasteiger partial charge in [0.1, 0.15) is 5.82 Å². The molecule has 1 saturated heterocycles. The predicted octanol–water partition coefficient (Wildman–Crippen LogP) is 2.39. The second-order valence-electron chi connectivity index (χ2n) is 6.01. The molecule has 0 radical (unpaired) electrons. The Balaban J connectivity index is 1.56. The first-order chi connectivity index (χ1) is 11.1. The highest BCUT2D eigenvalue weighted by molar-refractivity contribution is 9.10. The second-order valence-corrected chi connectivity index (χ2v) is 6.93. The van der Waals surface area contributed by atoms with Crippen molar-refractivity contribution < 1.29 is 0 Å². The lowest BCUT2D eigenvalue weighted by molar-refractivity contribution is 0.328. The van der Waals surface area contributed by atoms with Gasteiger partial charge in [0.15, 0.2) is 0 Å². The molecule has 1 unspecified atom stereocenters. The Morgan fingerprint density at radius 2 is 2.26 bits per heavy atom. The third kappa shape index (κ3) is 4.39. The summed E-state index contributed by atoms with van der Waals surface area (Å²) >= 11 is 3.47. The van der Waals surface area contributed by atoms with Crippen LogP contribution in [0.2, 0.25) is 0 Å². The van der Waals surface area contributed by atoms with Gasteiger partial charge in [-0.05, 0) is 40.0 Å². The number of rotatable bonds is 5. The van der Waals surface area contributed by atoms with E-state index in [0.717, 1.165) is 42.3 Å². The van der Waals surface area contributed by atoms with E-state index in [1.807, 2.05) is 37.5 Å². The minimum Gasteiger partial charge on any atom is -0.366 e. The Morgan fingerprint density at radius 3 is 3.04 bits per heavy atom. The molecule has 3 heterocycles. The molecule has 7 heteroatoms. The summed E-state index contributed by atoms with van der Waals surface area (Å²) < 4.78 is 1.03. The molecule has 1 fully saturated rings. The van der Waals surface area contributed by atoms with E-state index in [9.17, 15) is 0 Å². The quantitative estimate of drug-likeness (QED) is 0.864. The standard InChI is InChI=1S/C16H21BrN6/c1-22(2)16-19-5-3-15(21-16)20-14-4-6-23(11-14)10-12-7-13(17)9-18-8-12/h3,5,7-9,14H,4,6,10-11H2,1-2H3,(H,19,20,21). The Labute approximate surface area is 145 Å². The van der Waals surface area contributed by atoms with Crippen LogP contribution in [-0.4, -0.2) is 53.1 Å². The highest BCUT2D eigenvalue weighted by Crippen LogP contribution is 2.18. The normalized spacial score (nSPS) is 18.1. The van der Waals surface area contributed by atoms with Crippen LogP contribution in [0.3, 0.4) is 0 Å². The molecule has 0 aromatic carbocycles. The number of likely N-dealkylation sites (tertiary alicyclic amines) is 1. The number of pyridine rings is 1. The van der Waals surface area contributed by atoms with Crippen molar-refractivity contribution in [3.05, 3.63) is 40.8 Å². The van der Waals surface area contributed by atoms with E-state index >= 15 is 0 Å². The number of hydrogen-bond acceptors (Lipinski definition) is 6. The van der Waals surface area contributed by atoms with Gasteiger partial charge in [0.2, 0.25) is 5.95 Å². The van der Waals surface area contributed by atoms with Crippen molar-refractivity contribution in [2.75, 3.05) is 37.4 Å². The number of nitrogens with one attached hydrogen (secondary N) is 1. The van der Waals surface area contributed by atoms with E-state index in [1.165, 1.54) is 5.56 Å². The first-order valence-electron chi connectivity index (χ1n) is 7.69. The van der Waals surface area contributed by atoms with Gasteiger partial charge in [-0.25, -0.2) is 4.98 Å². The fourth-order valence-electron chi connectivity index (χ4n) is 2.75. The van der Waals surface area contributed by atoms with Gasteiger partial charge in [0.05, 0.1) is 0 Å². The molecule has 1 N–H and O–H groups in total. The smallest absolute Gasteiger partial charge is 0.226 e. The van der Waals surface area contributed by atoms with E-state index in [4.69, 9.17) is 0 Å². The summed E-state index contributed by atoms with van der Waals surface area (Å²) in [5.41, 5.74) is 1.23. The van der Waals surface area contributed by atoms with Crippen LogP contribution in [0.5, 0.6) is 0 Å². The fraction of sp³-hybridized carbons (Fsp3) is 0.438. The van der Waals surface area contributed by atoms with Crippen LogP contribution in [0.4, 0.5) is 11.8 Å². The lowest BCUT2D eigenvalue weighted by Crippen LogP contribution is -2.26. The van der Waals surface area contributed by atoms with Crippen molar-refractivity contribution in [1.29, 1.82) is 0 Å². The third-order valence-electron chi connectivity index (χ3n) is 3.83. The number of hydrogen-bond donors (Lipinski definition) is 1. The predicted molar refractivity (Wildman–Crippen MR) is 95.6 cm³/mol. The summed E-state index contributed by atoms with van der Waals surface area (Å²) in [6.07, 6.45) is 6.65. The molecule has 122 valence electrons. The minimum atomic E-state index is 0.417. The molecule has 0 bridgehead atoms. The van der Waals surface area contributed by atoms with Gasteiger partial charge in [0, 0.05) is 62.8 Å². The minimum absolute atomic E-state index is 0.417. The van der Waals surface area contributed by atoms with Crippen LogP contribution in [0.15, 0.2) is 35.2 Å². The van der Waals surface area contributed by atoms with Gasteiger partial charge in [-0.3, -0.25) is 9.88 Å². The van der Waals surface area contributed by atoms with Crippen molar-refractivity contribution in [1.82, 2.24) is 19.9 Å². The van der Waals surface area contributed by atoms with Crippen LogP contribution in [0.1, 0.15) is 12.0 Å². The summed E-state index contributed by atoms with van der Waals surface area (Å²) in [5.74, 6) is 1.62. The average molecular weight is 377 g/mol. The van der Waals surface area contributed by atoms with E-state index in [-0.39, 0.29) is 0 Å². The molecule has 1 atom stereocenters. The van der Waals surface area contributed by atoms with E-state index < -0.39 is 0 Å². The molecular formula is C16H21BrN6. The van der Waals surface area contributed by atoms with Gasteiger partial charge in [0.25, 0.3) is 0 Å². The maximum absolute atomic E-state index is 4.53. The molecule has 3 rings (SSSR count). The zero-order valence-electron chi connectivity index (χ0n) is 13.4. The van der Waals surface area contributed by atoms with Crippen LogP contribution in [0.25, 0.3) is 0 Å². The molecule has 0 amide bonds. The molecule has 1 aliphatic heterocycles. The highest BCUT2D eigenvalue weighted by atomic mass is 79.9. The van der Waals surface area contributed by atoms with Crippen molar-refractivity contribution >= 4 is 27.7 Å². The summed E-state index contributed by atoms with van der Waals surface area (Å²) in [6, 6.07) is 4.47. The summed E-state index contributed by atoms with van der Waals surface area (Å²) in [4.78, 5) is 17.3. The van der Waals surface area contributed by atoms with E-state index in [0.29, 0.717) is 6.04 Å². The second kappa shape index (κ2) is 7.23. The topological polar surface area (TPSA) is 57.2 Å². The SMILES string of the molecule is CN(C)c1nccc(NC2CCN(Cc3cncc(Br)c3)C2)n1. The van der Waals surface area contributed by atoms with Crippen LogP contribution >= 0.6 is 15.9 Å². The monoisotopic (exact) mass is 376 g/mol. The van der Waals surface area contributed by atoms with Gasteiger partial charge in [-0.15, -0.1) is 0 Å². The van der Waals surface area contributed by atoms with Crippen LogP contribution in [-0.2, 0) is 6.54 Å². The number of aromatic nitrogens is 3. The Hall–Kier alpha value is -1.73. The summed E-state index contributed by atoms with van der Waals surface area (Å²) in [5, 5.41) is 3.52. The Morgan fingerprint density at radius 1 is 1.39 bits per heavy atom. The van der Waals surface area contributed by atoms with E-state index in [1.54, 1.807) is 6.20 Å². The van der Waals surface area contributed by atoms with Crippen molar-refractivity contribution in [3.63, 3.8) is 0 Å². The lowest BCUT2D eigenvalue weighted by Gasteiger charge is -2.18. The molecule has 0 spiro atoms. The largest absolute Gasteiger partial charge is 0.366 e. The summed E-state index contributed by atoms with van der Waals surface area (Å²) in [7, 11) is 3.89. The maximum atomic E-state index is 4.53. The first-order valence-corrected chi connectivity index (χ1v) is 8.48. The Bertz CT molecular complexity index is 663. The zero-order valence-corrected chi connectivity index (χ0v) is 15.0. The molecule has 23 heavy (non-hydrogen) atoms. The molecule has 1 aliphatic rings. The molecule has 0 aliphatic carbocycles. The number of nitrogens with zero attached hydrogens (tertiary/aromatic N) is 5. The van der Waals surface area contributed by atoms with Crippen LogP contribution in [0, 0.1) is 0 Å². The van der Waals surface area contributed by atoms with Crippen molar-refractivity contribution in [2.24, 2.45) is 0 Å². The maximum Gasteiger partial charge on any atom is 0.226 e. The molecule has 2 aromatic rings. The average Bonchev–Trinajstić information content (AvgIpc) is 2.94. The third-order valence-corrected chi connectivity index (χ3v) is 4.27. The molecule has 6 nitrogen and oxygen atoms in total. The molecule has 0 saturated carbocycles. The van der Waals surface area contributed by atoms with E-state index in [2.05, 4.69) is 47.2 Å². The fourth-order valence-corrected chi connectivity index (χ4v) is 3.16. The summed E-state index contributed by atoms with van der Waals surface area (Å²) in [6.45, 7) is 3.01. The van der Waals surface area contributed by atoms with Gasteiger partial charge >= 0.3 is 0 Å². The highest BCUT2D eigenvalue weighted by Gasteiger charge is 2.22. The van der Waals surface area contributed by atoms with Gasteiger partial charge in [-0.1, -0.05) is 0 Å². The first kappa shape index (κ1) is 16.1. The van der Waals surface area contributed by atoms with Crippen molar-refractivity contribution in [2.45, 2.75) is 19.0 Å². The van der Waals surface area contributed by atoms with Crippen LogP contribution < -0.4 is 10.2 Å². The van der Waals surface area contributed by atoms with Gasteiger partial charge in [-0.2, -0.15) is 4.98 Å². The number of anilines is 2. The Kier molecular flexibility index (Phi) is 5.07. The molecule has 2 aromatic heterocycles.